The summed E-state index contributed by atoms with van der Waals surface area (Å²) in [5.41, 5.74) is 7.09. The zero-order valence-electron chi connectivity index (χ0n) is 9.76. The van der Waals surface area contributed by atoms with Crippen molar-refractivity contribution < 1.29 is 0 Å². The Balaban J connectivity index is 2.39. The lowest BCUT2D eigenvalue weighted by atomic mass is 10.2. The van der Waals surface area contributed by atoms with Crippen molar-refractivity contribution in [3.05, 3.63) is 23.2 Å². The summed E-state index contributed by atoms with van der Waals surface area (Å²) in [6, 6.07) is 5.40. The minimum absolute atomic E-state index is 0.474. The van der Waals surface area contributed by atoms with Crippen LogP contribution in [0.4, 0.5) is 5.69 Å². The Hall–Kier alpha value is -1.62. The van der Waals surface area contributed by atoms with E-state index in [1.54, 1.807) is 16.8 Å². The van der Waals surface area contributed by atoms with Gasteiger partial charge in [-0.25, -0.2) is 4.68 Å². The van der Waals surface area contributed by atoms with Crippen LogP contribution in [0.2, 0.25) is 5.02 Å². The second kappa shape index (κ2) is 4.71. The molecule has 0 unspecified atom stereocenters. The van der Waals surface area contributed by atoms with Crippen LogP contribution in [0.3, 0.4) is 0 Å². The minimum Gasteiger partial charge on any atom is -0.398 e. The summed E-state index contributed by atoms with van der Waals surface area (Å²) in [6.07, 6.45) is 0. The average molecular weight is 252 g/mol. The normalized spacial score (nSPS) is 11.1. The molecule has 0 saturated heterocycles. The van der Waals surface area contributed by atoms with Crippen molar-refractivity contribution in [2.24, 2.45) is 5.92 Å². The summed E-state index contributed by atoms with van der Waals surface area (Å²) >= 11 is 5.99. The number of nitrogen functional groups attached to an aromatic ring is 1. The van der Waals surface area contributed by atoms with Gasteiger partial charge in [-0.1, -0.05) is 25.4 Å². The molecule has 2 rings (SSSR count). The van der Waals surface area contributed by atoms with E-state index >= 15 is 0 Å². The van der Waals surface area contributed by atoms with E-state index in [0.717, 1.165) is 12.1 Å². The van der Waals surface area contributed by atoms with Crippen LogP contribution in [-0.2, 0) is 6.54 Å². The lowest BCUT2D eigenvalue weighted by Crippen LogP contribution is -2.08. The molecule has 5 nitrogen and oxygen atoms in total. The molecule has 0 aliphatic heterocycles. The number of tetrazole rings is 1. The predicted octanol–water partition coefficient (Wildman–Crippen LogP) is 2.23. The lowest BCUT2D eigenvalue weighted by Gasteiger charge is -2.07. The molecule has 2 N–H and O–H groups in total. The summed E-state index contributed by atoms with van der Waals surface area (Å²) in [5.74, 6) is 1.18. The highest BCUT2D eigenvalue weighted by atomic mass is 35.5. The van der Waals surface area contributed by atoms with Gasteiger partial charge in [-0.05, 0) is 34.5 Å². The first kappa shape index (κ1) is 11.9. The van der Waals surface area contributed by atoms with Crippen LogP contribution in [0.15, 0.2) is 18.2 Å². The van der Waals surface area contributed by atoms with E-state index in [2.05, 4.69) is 29.4 Å². The average Bonchev–Trinajstić information content (AvgIpc) is 2.69. The van der Waals surface area contributed by atoms with E-state index in [0.29, 0.717) is 22.5 Å². The number of rotatable bonds is 3. The third kappa shape index (κ3) is 2.55. The van der Waals surface area contributed by atoms with Crippen LogP contribution < -0.4 is 5.73 Å². The van der Waals surface area contributed by atoms with E-state index in [1.165, 1.54) is 0 Å². The van der Waals surface area contributed by atoms with Gasteiger partial charge in [-0.2, -0.15) is 0 Å². The quantitative estimate of drug-likeness (QED) is 0.850. The molecular weight excluding hydrogens is 238 g/mol. The van der Waals surface area contributed by atoms with E-state index in [4.69, 9.17) is 17.3 Å². The first-order valence-electron chi connectivity index (χ1n) is 5.39. The summed E-state index contributed by atoms with van der Waals surface area (Å²) in [4.78, 5) is 0. The number of aromatic nitrogens is 4. The SMILES string of the molecule is CC(C)Cn1nnnc1-c1ccc(N)c(Cl)c1. The summed E-state index contributed by atoms with van der Waals surface area (Å²) in [5, 5.41) is 12.2. The molecule has 1 aromatic carbocycles. The molecule has 6 heteroatoms. The Labute approximate surface area is 105 Å². The molecule has 0 atom stereocenters. The first-order valence-corrected chi connectivity index (χ1v) is 5.77. The van der Waals surface area contributed by atoms with Crippen molar-refractivity contribution >= 4 is 17.3 Å². The summed E-state index contributed by atoms with van der Waals surface area (Å²) < 4.78 is 1.77. The second-order valence-electron chi connectivity index (χ2n) is 4.31. The molecule has 0 aliphatic rings. The molecule has 1 aromatic heterocycles. The van der Waals surface area contributed by atoms with Crippen LogP contribution in [0, 0.1) is 5.92 Å². The molecule has 0 fully saturated rings. The second-order valence-corrected chi connectivity index (χ2v) is 4.72. The third-order valence-electron chi connectivity index (χ3n) is 2.33. The van der Waals surface area contributed by atoms with Gasteiger partial charge in [0.25, 0.3) is 0 Å². The molecule has 0 aliphatic carbocycles. The van der Waals surface area contributed by atoms with Gasteiger partial charge in [0.05, 0.1) is 10.7 Å². The van der Waals surface area contributed by atoms with E-state index in [9.17, 15) is 0 Å². The zero-order chi connectivity index (χ0) is 12.4. The Bertz CT molecular complexity index is 520. The monoisotopic (exact) mass is 251 g/mol. The highest BCUT2D eigenvalue weighted by molar-refractivity contribution is 6.33. The fourth-order valence-corrected chi connectivity index (χ4v) is 1.73. The van der Waals surface area contributed by atoms with E-state index < -0.39 is 0 Å². The minimum atomic E-state index is 0.474. The molecule has 0 saturated carbocycles. The molecule has 1 heterocycles. The number of anilines is 1. The lowest BCUT2D eigenvalue weighted by molar-refractivity contribution is 0.475. The molecule has 0 amide bonds. The first-order chi connectivity index (χ1) is 8.08. The zero-order valence-corrected chi connectivity index (χ0v) is 10.5. The Kier molecular flexibility index (Phi) is 3.28. The van der Waals surface area contributed by atoms with Gasteiger partial charge < -0.3 is 5.73 Å². The number of benzene rings is 1. The number of halogens is 1. The van der Waals surface area contributed by atoms with Crippen molar-refractivity contribution in [1.29, 1.82) is 0 Å². The van der Waals surface area contributed by atoms with Gasteiger partial charge in [-0.15, -0.1) is 5.10 Å². The molecule has 0 bridgehead atoms. The molecule has 0 radical (unpaired) electrons. The number of nitrogens with two attached hydrogens (primary N) is 1. The van der Waals surface area contributed by atoms with Crippen molar-refractivity contribution in [1.82, 2.24) is 20.2 Å². The van der Waals surface area contributed by atoms with E-state index in [1.807, 2.05) is 6.07 Å². The molecular formula is C11H14ClN5. The van der Waals surface area contributed by atoms with Crippen LogP contribution in [-0.4, -0.2) is 20.2 Å². The highest BCUT2D eigenvalue weighted by Gasteiger charge is 2.11. The fraction of sp³-hybridized carbons (Fsp3) is 0.364. The fourth-order valence-electron chi connectivity index (χ4n) is 1.55. The van der Waals surface area contributed by atoms with Crippen molar-refractivity contribution in [3.8, 4) is 11.4 Å². The van der Waals surface area contributed by atoms with Crippen LogP contribution in [0.25, 0.3) is 11.4 Å². The van der Waals surface area contributed by atoms with Crippen molar-refractivity contribution in [3.63, 3.8) is 0 Å². The smallest absolute Gasteiger partial charge is 0.182 e. The molecule has 0 spiro atoms. The Morgan fingerprint density at radius 1 is 1.41 bits per heavy atom. The van der Waals surface area contributed by atoms with Crippen molar-refractivity contribution in [2.45, 2.75) is 20.4 Å². The summed E-state index contributed by atoms with van der Waals surface area (Å²) in [7, 11) is 0. The Morgan fingerprint density at radius 3 is 2.82 bits per heavy atom. The highest BCUT2D eigenvalue weighted by Crippen LogP contribution is 2.25. The van der Waals surface area contributed by atoms with Gasteiger partial charge in [0.2, 0.25) is 0 Å². The van der Waals surface area contributed by atoms with Crippen molar-refractivity contribution in [2.75, 3.05) is 5.73 Å². The maximum atomic E-state index is 5.99. The molecule has 90 valence electrons. The van der Waals surface area contributed by atoms with Gasteiger partial charge in [0.15, 0.2) is 5.82 Å². The molecule has 17 heavy (non-hydrogen) atoms. The number of hydrogen-bond donors (Lipinski definition) is 1. The van der Waals surface area contributed by atoms with Crippen LogP contribution in [0.5, 0.6) is 0 Å². The molecule has 2 aromatic rings. The van der Waals surface area contributed by atoms with Gasteiger partial charge in [0.1, 0.15) is 0 Å². The maximum absolute atomic E-state index is 5.99. The maximum Gasteiger partial charge on any atom is 0.182 e. The number of nitrogens with zero attached hydrogens (tertiary/aromatic N) is 4. The van der Waals surface area contributed by atoms with Gasteiger partial charge in [-0.3, -0.25) is 0 Å². The summed E-state index contributed by atoms with van der Waals surface area (Å²) in [6.45, 7) is 4.99. The predicted molar refractivity (Wildman–Crippen MR) is 67.5 cm³/mol. The Morgan fingerprint density at radius 2 is 2.18 bits per heavy atom. The largest absolute Gasteiger partial charge is 0.398 e. The topological polar surface area (TPSA) is 69.6 Å². The van der Waals surface area contributed by atoms with Crippen LogP contribution >= 0.6 is 11.6 Å². The van der Waals surface area contributed by atoms with Gasteiger partial charge in [0, 0.05) is 12.1 Å². The van der Waals surface area contributed by atoms with E-state index in [-0.39, 0.29) is 0 Å². The van der Waals surface area contributed by atoms with Crippen LogP contribution in [0.1, 0.15) is 13.8 Å². The number of hydrogen-bond acceptors (Lipinski definition) is 4. The standard InChI is InChI=1S/C11H14ClN5/c1-7(2)6-17-11(14-15-16-17)8-3-4-10(13)9(12)5-8/h3-5,7H,6,13H2,1-2H3. The van der Waals surface area contributed by atoms with Gasteiger partial charge >= 0.3 is 0 Å². The third-order valence-corrected chi connectivity index (χ3v) is 2.66.